The maximum absolute atomic E-state index is 11.4. The van der Waals surface area contributed by atoms with Crippen LogP contribution >= 0.6 is 0 Å². The zero-order chi connectivity index (χ0) is 14.5. The summed E-state index contributed by atoms with van der Waals surface area (Å²) in [4.78, 5) is 22.2. The summed E-state index contributed by atoms with van der Waals surface area (Å²) in [5.41, 5.74) is 2.12. The number of aromatic carboxylic acids is 1. The van der Waals surface area contributed by atoms with Crippen molar-refractivity contribution in [3.05, 3.63) is 59.7 Å². The van der Waals surface area contributed by atoms with Crippen LogP contribution in [0.15, 0.2) is 48.5 Å². The van der Waals surface area contributed by atoms with Crippen molar-refractivity contribution >= 4 is 23.3 Å². The van der Waals surface area contributed by atoms with Crippen LogP contribution in [0.5, 0.6) is 0 Å². The smallest absolute Gasteiger partial charge is 0.337 e. The highest BCUT2D eigenvalue weighted by atomic mass is 16.5. The summed E-state index contributed by atoms with van der Waals surface area (Å²) < 4.78 is 4.65. The minimum Gasteiger partial charge on any atom is -0.478 e. The van der Waals surface area contributed by atoms with E-state index in [1.807, 2.05) is 0 Å². The van der Waals surface area contributed by atoms with Crippen LogP contribution in [0.2, 0.25) is 0 Å². The van der Waals surface area contributed by atoms with Gasteiger partial charge in [0, 0.05) is 11.4 Å². The fraction of sp³-hybridized carbons (Fsp3) is 0.0667. The Morgan fingerprint density at radius 1 is 1.00 bits per heavy atom. The Labute approximate surface area is 115 Å². The lowest BCUT2D eigenvalue weighted by Crippen LogP contribution is -2.02. The van der Waals surface area contributed by atoms with Crippen molar-refractivity contribution in [2.24, 2.45) is 0 Å². The van der Waals surface area contributed by atoms with Gasteiger partial charge in [0.25, 0.3) is 0 Å². The van der Waals surface area contributed by atoms with Crippen LogP contribution in [-0.2, 0) is 4.74 Å². The van der Waals surface area contributed by atoms with Gasteiger partial charge in [0.15, 0.2) is 0 Å². The van der Waals surface area contributed by atoms with Gasteiger partial charge in [-0.15, -0.1) is 0 Å². The molecule has 0 spiro atoms. The van der Waals surface area contributed by atoms with Gasteiger partial charge in [-0.1, -0.05) is 6.07 Å². The number of hydrogen-bond acceptors (Lipinski definition) is 4. The van der Waals surface area contributed by atoms with Crippen molar-refractivity contribution in [3.8, 4) is 0 Å². The lowest BCUT2D eigenvalue weighted by molar-refractivity contribution is 0.0600. The standard InChI is InChI=1S/C15H13NO4/c1-20-15(19)11-3-2-4-13(9-11)16-12-7-5-10(6-8-12)14(17)18/h2-9,16H,1H3,(H,17,18). The Kier molecular flexibility index (Phi) is 4.00. The van der Waals surface area contributed by atoms with Crippen LogP contribution < -0.4 is 5.32 Å². The predicted molar refractivity (Wildman–Crippen MR) is 74.5 cm³/mol. The molecule has 0 amide bonds. The molecular weight excluding hydrogens is 258 g/mol. The number of esters is 1. The number of benzene rings is 2. The highest BCUT2D eigenvalue weighted by molar-refractivity contribution is 5.91. The molecule has 0 unspecified atom stereocenters. The van der Waals surface area contributed by atoms with E-state index in [0.29, 0.717) is 5.56 Å². The highest BCUT2D eigenvalue weighted by Gasteiger charge is 2.06. The van der Waals surface area contributed by atoms with Gasteiger partial charge in [0.1, 0.15) is 0 Å². The molecule has 5 nitrogen and oxygen atoms in total. The fourth-order valence-corrected chi connectivity index (χ4v) is 1.70. The third-order valence-electron chi connectivity index (χ3n) is 2.70. The van der Waals surface area contributed by atoms with Crippen LogP contribution in [0.1, 0.15) is 20.7 Å². The number of methoxy groups -OCH3 is 1. The molecule has 0 fully saturated rings. The topological polar surface area (TPSA) is 75.6 Å². The third kappa shape index (κ3) is 3.14. The first-order valence-electron chi connectivity index (χ1n) is 5.89. The van der Waals surface area contributed by atoms with Gasteiger partial charge < -0.3 is 15.2 Å². The van der Waals surface area contributed by atoms with E-state index in [4.69, 9.17) is 5.11 Å². The minimum atomic E-state index is -0.968. The molecule has 0 aliphatic rings. The second-order valence-corrected chi connectivity index (χ2v) is 4.08. The second-order valence-electron chi connectivity index (χ2n) is 4.08. The molecule has 0 aromatic heterocycles. The van der Waals surface area contributed by atoms with Gasteiger partial charge in [0.2, 0.25) is 0 Å². The number of anilines is 2. The highest BCUT2D eigenvalue weighted by Crippen LogP contribution is 2.18. The minimum absolute atomic E-state index is 0.221. The van der Waals surface area contributed by atoms with Crippen LogP contribution in [-0.4, -0.2) is 24.2 Å². The molecule has 0 bridgehead atoms. The summed E-state index contributed by atoms with van der Waals surface area (Å²) >= 11 is 0. The summed E-state index contributed by atoms with van der Waals surface area (Å²) in [7, 11) is 1.33. The summed E-state index contributed by atoms with van der Waals surface area (Å²) in [6, 6.07) is 13.2. The first kappa shape index (κ1) is 13.6. The molecule has 102 valence electrons. The molecule has 0 aliphatic heterocycles. The van der Waals surface area contributed by atoms with Crippen molar-refractivity contribution in [2.75, 3.05) is 12.4 Å². The number of carbonyl (C=O) groups is 2. The van der Waals surface area contributed by atoms with Crippen molar-refractivity contribution in [1.82, 2.24) is 0 Å². The number of carbonyl (C=O) groups excluding carboxylic acids is 1. The molecule has 0 saturated carbocycles. The predicted octanol–water partition coefficient (Wildman–Crippen LogP) is 2.92. The van der Waals surface area contributed by atoms with Gasteiger partial charge in [-0.2, -0.15) is 0 Å². The maximum Gasteiger partial charge on any atom is 0.337 e. The first-order chi connectivity index (χ1) is 9.60. The summed E-state index contributed by atoms with van der Waals surface area (Å²) in [6.07, 6.45) is 0. The molecule has 0 radical (unpaired) electrons. The summed E-state index contributed by atoms with van der Waals surface area (Å²) in [6.45, 7) is 0. The van der Waals surface area contributed by atoms with E-state index in [-0.39, 0.29) is 5.56 Å². The second kappa shape index (κ2) is 5.88. The lowest BCUT2D eigenvalue weighted by Gasteiger charge is -2.08. The molecule has 0 atom stereocenters. The SMILES string of the molecule is COC(=O)c1cccc(Nc2ccc(C(=O)O)cc2)c1. The van der Waals surface area contributed by atoms with Gasteiger partial charge in [-0.25, -0.2) is 9.59 Å². The average molecular weight is 271 g/mol. The molecule has 0 heterocycles. The van der Waals surface area contributed by atoms with Crippen molar-refractivity contribution < 1.29 is 19.4 Å². The number of nitrogens with one attached hydrogen (secondary N) is 1. The molecule has 5 heteroatoms. The van der Waals surface area contributed by atoms with E-state index in [0.717, 1.165) is 11.4 Å². The first-order valence-corrected chi connectivity index (χ1v) is 5.89. The fourth-order valence-electron chi connectivity index (χ4n) is 1.70. The average Bonchev–Trinajstić information content (AvgIpc) is 2.47. The Bertz CT molecular complexity index is 635. The lowest BCUT2D eigenvalue weighted by atomic mass is 10.1. The van der Waals surface area contributed by atoms with Crippen LogP contribution in [0.25, 0.3) is 0 Å². The van der Waals surface area contributed by atoms with Gasteiger partial charge >= 0.3 is 11.9 Å². The Hall–Kier alpha value is -2.82. The van der Waals surface area contributed by atoms with Crippen LogP contribution in [0.3, 0.4) is 0 Å². The van der Waals surface area contributed by atoms with Crippen LogP contribution in [0.4, 0.5) is 11.4 Å². The molecule has 2 aromatic carbocycles. The van der Waals surface area contributed by atoms with E-state index in [1.165, 1.54) is 19.2 Å². The van der Waals surface area contributed by atoms with Crippen molar-refractivity contribution in [1.29, 1.82) is 0 Å². The Morgan fingerprint density at radius 2 is 1.70 bits per heavy atom. The third-order valence-corrected chi connectivity index (χ3v) is 2.70. The largest absolute Gasteiger partial charge is 0.478 e. The Balaban J connectivity index is 2.17. The van der Waals surface area contributed by atoms with Crippen molar-refractivity contribution in [3.63, 3.8) is 0 Å². The molecule has 0 aliphatic carbocycles. The normalized spacial score (nSPS) is 9.85. The van der Waals surface area contributed by atoms with Gasteiger partial charge in [-0.3, -0.25) is 0 Å². The number of rotatable bonds is 4. The number of carboxylic acids is 1. The number of ether oxygens (including phenoxy) is 1. The van der Waals surface area contributed by atoms with E-state index in [1.54, 1.807) is 36.4 Å². The molecule has 20 heavy (non-hydrogen) atoms. The zero-order valence-corrected chi connectivity index (χ0v) is 10.8. The van der Waals surface area contributed by atoms with Gasteiger partial charge in [-0.05, 0) is 42.5 Å². The zero-order valence-electron chi connectivity index (χ0n) is 10.8. The molecule has 2 aromatic rings. The molecular formula is C15H13NO4. The monoisotopic (exact) mass is 271 g/mol. The molecule has 2 N–H and O–H groups in total. The molecule has 2 rings (SSSR count). The Morgan fingerprint density at radius 3 is 2.30 bits per heavy atom. The quantitative estimate of drug-likeness (QED) is 0.836. The van der Waals surface area contributed by atoms with Gasteiger partial charge in [0.05, 0.1) is 18.2 Å². The van der Waals surface area contributed by atoms with E-state index < -0.39 is 11.9 Å². The maximum atomic E-state index is 11.4. The summed E-state index contributed by atoms with van der Waals surface area (Å²) in [5, 5.41) is 11.9. The number of hydrogen-bond donors (Lipinski definition) is 2. The number of carboxylic acid groups (broad SMARTS) is 1. The van der Waals surface area contributed by atoms with E-state index >= 15 is 0 Å². The summed E-state index contributed by atoms with van der Waals surface area (Å²) in [5.74, 6) is -1.38. The van der Waals surface area contributed by atoms with E-state index in [9.17, 15) is 9.59 Å². The van der Waals surface area contributed by atoms with Crippen molar-refractivity contribution in [2.45, 2.75) is 0 Å². The molecule has 0 saturated heterocycles. The van der Waals surface area contributed by atoms with E-state index in [2.05, 4.69) is 10.1 Å². The van der Waals surface area contributed by atoms with Crippen LogP contribution in [0, 0.1) is 0 Å².